The maximum atomic E-state index is 11.3. The third kappa shape index (κ3) is 11.8. The largest absolute Gasteiger partial charge is 0.469 e. The molecule has 5 heteroatoms. The van der Waals surface area contributed by atoms with E-state index in [1.165, 1.54) is 139 Å². The third-order valence-electron chi connectivity index (χ3n) is 9.72. The highest BCUT2D eigenvalue weighted by atomic mass is 16.6. The maximum absolute atomic E-state index is 11.3. The molecule has 0 saturated heterocycles. The van der Waals surface area contributed by atoms with Crippen LogP contribution in [0.25, 0.3) is 6.08 Å². The van der Waals surface area contributed by atoms with Crippen LogP contribution >= 0.6 is 0 Å². The summed E-state index contributed by atoms with van der Waals surface area (Å²) in [6.07, 6.45) is 29.1. The van der Waals surface area contributed by atoms with Gasteiger partial charge in [0.15, 0.2) is 6.23 Å². The quantitative estimate of drug-likeness (QED) is 0.0631. The van der Waals surface area contributed by atoms with Gasteiger partial charge in [-0.25, -0.2) is 0 Å². The topological polar surface area (TPSA) is 55.6 Å². The fourth-order valence-electron chi connectivity index (χ4n) is 6.94. The molecule has 1 unspecified atom stereocenters. The SMILES string of the molecule is C=Cc1cc([N+](=O)[O-])ccc1OC1N(CCCCCCCCCCCCCCCCCCCCCC)c2ccccc2C1(C)C. The van der Waals surface area contributed by atoms with E-state index < -0.39 is 0 Å². The van der Waals surface area contributed by atoms with Crippen molar-refractivity contribution in [1.29, 1.82) is 0 Å². The molecule has 0 aromatic heterocycles. The van der Waals surface area contributed by atoms with Gasteiger partial charge in [-0.2, -0.15) is 0 Å². The van der Waals surface area contributed by atoms with Crippen molar-refractivity contribution in [3.63, 3.8) is 0 Å². The van der Waals surface area contributed by atoms with Crippen LogP contribution in [0.5, 0.6) is 5.75 Å². The molecule has 2 aromatic rings. The standard InChI is InChI=1S/C40H62N2O3/c1-5-7-8-9-10-11-12-13-14-15-16-17-18-19-20-21-22-23-24-27-32-41-37-29-26-25-28-36(37)40(3,4)39(41)45-38-31-30-35(42(43)44)33-34(38)6-2/h6,25-26,28-31,33,39H,2,5,7-24,27,32H2,1,3-4H3. The summed E-state index contributed by atoms with van der Waals surface area (Å²) in [5, 5.41) is 11.3. The van der Waals surface area contributed by atoms with Crippen LogP contribution in [-0.4, -0.2) is 17.7 Å². The molecule has 45 heavy (non-hydrogen) atoms. The number of fused-ring (bicyclic) bond motifs is 1. The summed E-state index contributed by atoms with van der Waals surface area (Å²) in [6.45, 7) is 11.6. The van der Waals surface area contributed by atoms with Crippen molar-refractivity contribution in [2.45, 2.75) is 161 Å². The summed E-state index contributed by atoms with van der Waals surface area (Å²) in [4.78, 5) is 13.3. The fraction of sp³-hybridized carbons (Fsp3) is 0.650. The molecule has 2 aromatic carbocycles. The van der Waals surface area contributed by atoms with Crippen LogP contribution in [0.1, 0.15) is 160 Å². The number of nitro groups is 1. The van der Waals surface area contributed by atoms with Crippen molar-refractivity contribution < 1.29 is 9.66 Å². The highest BCUT2D eigenvalue weighted by molar-refractivity contribution is 5.64. The van der Waals surface area contributed by atoms with Gasteiger partial charge in [0.2, 0.25) is 0 Å². The number of hydrogen-bond donors (Lipinski definition) is 0. The molecule has 1 aliphatic heterocycles. The van der Waals surface area contributed by atoms with E-state index in [1.54, 1.807) is 18.2 Å². The third-order valence-corrected chi connectivity index (χ3v) is 9.72. The molecule has 0 radical (unpaired) electrons. The Morgan fingerprint density at radius 3 is 1.76 bits per heavy atom. The molecule has 5 nitrogen and oxygen atoms in total. The van der Waals surface area contributed by atoms with Gasteiger partial charge in [0.25, 0.3) is 5.69 Å². The van der Waals surface area contributed by atoms with Gasteiger partial charge in [-0.1, -0.05) is 174 Å². The number of nitro benzene ring substituents is 1. The normalized spacial score (nSPS) is 15.3. The van der Waals surface area contributed by atoms with E-state index >= 15 is 0 Å². The lowest BCUT2D eigenvalue weighted by Gasteiger charge is -2.35. The highest BCUT2D eigenvalue weighted by Gasteiger charge is 2.46. The van der Waals surface area contributed by atoms with Crippen molar-refractivity contribution in [1.82, 2.24) is 0 Å². The van der Waals surface area contributed by atoms with Crippen LogP contribution in [0.4, 0.5) is 11.4 Å². The van der Waals surface area contributed by atoms with Crippen LogP contribution in [0.3, 0.4) is 0 Å². The van der Waals surface area contributed by atoms with Gasteiger partial charge >= 0.3 is 0 Å². The summed E-state index contributed by atoms with van der Waals surface area (Å²) in [6, 6.07) is 13.4. The number of nitrogens with zero attached hydrogens (tertiary/aromatic N) is 2. The molecule has 0 spiro atoms. The number of hydrogen-bond acceptors (Lipinski definition) is 4. The summed E-state index contributed by atoms with van der Waals surface area (Å²) in [5.41, 5.74) is 2.98. The van der Waals surface area contributed by atoms with Gasteiger partial charge in [0, 0.05) is 35.3 Å². The fourth-order valence-corrected chi connectivity index (χ4v) is 6.94. The predicted molar refractivity (Wildman–Crippen MR) is 192 cm³/mol. The number of para-hydroxylation sites is 1. The van der Waals surface area contributed by atoms with Crippen molar-refractivity contribution in [3.05, 3.63) is 70.3 Å². The second-order valence-electron chi connectivity index (χ2n) is 13.8. The Kier molecular flexibility index (Phi) is 16.6. The molecule has 3 rings (SSSR count). The van der Waals surface area contributed by atoms with Crippen LogP contribution in [0, 0.1) is 10.1 Å². The summed E-state index contributed by atoms with van der Waals surface area (Å²) in [5.74, 6) is 0.634. The van der Waals surface area contributed by atoms with E-state index in [0.29, 0.717) is 11.3 Å². The van der Waals surface area contributed by atoms with E-state index in [4.69, 9.17) is 4.74 Å². The first kappa shape index (κ1) is 36.6. The first-order valence-corrected chi connectivity index (χ1v) is 18.3. The maximum Gasteiger partial charge on any atom is 0.270 e. The lowest BCUT2D eigenvalue weighted by molar-refractivity contribution is -0.384. The van der Waals surface area contributed by atoms with Gasteiger partial charge in [-0.15, -0.1) is 0 Å². The lowest BCUT2D eigenvalue weighted by atomic mass is 9.85. The molecular weight excluding hydrogens is 556 g/mol. The van der Waals surface area contributed by atoms with Gasteiger partial charge in [-0.3, -0.25) is 10.1 Å². The summed E-state index contributed by atoms with van der Waals surface area (Å²) >= 11 is 0. The van der Waals surface area contributed by atoms with Gasteiger partial charge in [-0.05, 0) is 24.1 Å². The van der Waals surface area contributed by atoms with E-state index in [2.05, 4.69) is 56.5 Å². The number of unbranched alkanes of at least 4 members (excludes halogenated alkanes) is 19. The molecule has 0 saturated carbocycles. The number of non-ortho nitro benzene ring substituents is 1. The van der Waals surface area contributed by atoms with Gasteiger partial charge in [0.05, 0.1) is 4.92 Å². The molecule has 250 valence electrons. The van der Waals surface area contributed by atoms with E-state index in [-0.39, 0.29) is 22.3 Å². The molecule has 1 atom stereocenters. The smallest absolute Gasteiger partial charge is 0.270 e. The van der Waals surface area contributed by atoms with Crippen LogP contribution in [0.15, 0.2) is 49.0 Å². The molecule has 0 aliphatic carbocycles. The first-order chi connectivity index (χ1) is 21.9. The Labute approximate surface area is 275 Å². The first-order valence-electron chi connectivity index (χ1n) is 18.3. The average Bonchev–Trinajstić information content (AvgIpc) is 3.25. The van der Waals surface area contributed by atoms with Crippen molar-refractivity contribution >= 4 is 17.5 Å². The summed E-state index contributed by atoms with van der Waals surface area (Å²) < 4.78 is 6.67. The van der Waals surface area contributed by atoms with E-state index in [9.17, 15) is 10.1 Å². The minimum absolute atomic E-state index is 0.0485. The Morgan fingerprint density at radius 2 is 1.27 bits per heavy atom. The minimum atomic E-state index is -0.377. The summed E-state index contributed by atoms with van der Waals surface area (Å²) in [7, 11) is 0. The molecule has 0 amide bonds. The predicted octanol–water partition coefficient (Wildman–Crippen LogP) is 12.6. The van der Waals surface area contributed by atoms with Crippen LogP contribution in [-0.2, 0) is 5.41 Å². The molecule has 1 heterocycles. The molecule has 1 aliphatic rings. The Bertz CT molecular complexity index is 1140. The number of benzene rings is 2. The monoisotopic (exact) mass is 618 g/mol. The Morgan fingerprint density at radius 1 is 0.778 bits per heavy atom. The van der Waals surface area contributed by atoms with Crippen LogP contribution in [0.2, 0.25) is 0 Å². The zero-order valence-corrected chi connectivity index (χ0v) is 28.9. The molecular formula is C40H62N2O3. The van der Waals surface area contributed by atoms with E-state index in [0.717, 1.165) is 13.0 Å². The Balaban J connectivity index is 1.31. The number of ether oxygens (including phenoxy) is 1. The highest BCUT2D eigenvalue weighted by Crippen LogP contribution is 2.46. The zero-order chi connectivity index (χ0) is 32.3. The van der Waals surface area contributed by atoms with Crippen molar-refractivity contribution in [2.24, 2.45) is 0 Å². The number of anilines is 1. The average molecular weight is 619 g/mol. The zero-order valence-electron chi connectivity index (χ0n) is 28.9. The minimum Gasteiger partial charge on any atom is -0.469 e. The number of rotatable bonds is 25. The Hall–Kier alpha value is -2.82. The molecule has 0 N–H and O–H groups in total. The lowest BCUT2D eigenvalue weighted by Crippen LogP contribution is -2.46. The molecule has 0 bridgehead atoms. The van der Waals surface area contributed by atoms with Gasteiger partial charge in [0.1, 0.15) is 5.75 Å². The van der Waals surface area contributed by atoms with Crippen molar-refractivity contribution in [3.8, 4) is 5.75 Å². The van der Waals surface area contributed by atoms with E-state index in [1.807, 2.05) is 0 Å². The molecule has 0 fully saturated rings. The second-order valence-corrected chi connectivity index (χ2v) is 13.8. The second kappa shape index (κ2) is 20.3. The van der Waals surface area contributed by atoms with Crippen molar-refractivity contribution in [2.75, 3.05) is 11.4 Å². The van der Waals surface area contributed by atoms with Gasteiger partial charge < -0.3 is 9.64 Å². The van der Waals surface area contributed by atoms with Crippen LogP contribution < -0.4 is 9.64 Å².